The van der Waals surface area contributed by atoms with E-state index in [1.807, 2.05) is 24.3 Å². The van der Waals surface area contributed by atoms with Gasteiger partial charge in [-0.05, 0) is 54.0 Å². The molecule has 0 radical (unpaired) electrons. The van der Waals surface area contributed by atoms with Crippen molar-refractivity contribution in [1.29, 1.82) is 0 Å². The number of hydrogen-bond donors (Lipinski definition) is 1. The average molecular weight is 372 g/mol. The van der Waals surface area contributed by atoms with Crippen LogP contribution in [-0.4, -0.2) is 11.7 Å². The standard InChI is InChI=1S/C19H18BrNO2/c1-13(2)14-5-9-17(10-6-14)21-19(23)12-11-18(22)15-3-7-16(20)8-4-15/h3-13H,1-2H3,(H,21,23)/b12-11+. The van der Waals surface area contributed by atoms with Gasteiger partial charge in [-0.25, -0.2) is 0 Å². The minimum absolute atomic E-state index is 0.206. The fourth-order valence-electron chi connectivity index (χ4n) is 2.00. The molecule has 2 aromatic carbocycles. The summed E-state index contributed by atoms with van der Waals surface area (Å²) in [6.07, 6.45) is 2.53. The van der Waals surface area contributed by atoms with Gasteiger partial charge in [0.05, 0.1) is 0 Å². The Bertz CT molecular complexity index is 716. The number of nitrogens with one attached hydrogen (secondary N) is 1. The van der Waals surface area contributed by atoms with E-state index in [0.717, 1.165) is 4.47 Å². The highest BCUT2D eigenvalue weighted by molar-refractivity contribution is 9.10. The summed E-state index contributed by atoms with van der Waals surface area (Å²) < 4.78 is 0.903. The van der Waals surface area contributed by atoms with Gasteiger partial charge in [0.1, 0.15) is 0 Å². The summed E-state index contributed by atoms with van der Waals surface area (Å²) in [5.74, 6) is -0.0845. The molecule has 0 heterocycles. The van der Waals surface area contributed by atoms with E-state index < -0.39 is 0 Å². The zero-order chi connectivity index (χ0) is 16.8. The molecule has 4 heteroatoms. The maximum atomic E-state index is 12.0. The number of anilines is 1. The molecule has 0 bridgehead atoms. The molecule has 0 saturated heterocycles. The fourth-order valence-corrected chi connectivity index (χ4v) is 2.26. The van der Waals surface area contributed by atoms with Crippen LogP contribution in [0.5, 0.6) is 0 Å². The number of carbonyl (C=O) groups excluding carboxylic acids is 2. The number of rotatable bonds is 5. The molecule has 0 aliphatic heterocycles. The normalized spacial score (nSPS) is 11.0. The van der Waals surface area contributed by atoms with Gasteiger partial charge >= 0.3 is 0 Å². The fraction of sp³-hybridized carbons (Fsp3) is 0.158. The highest BCUT2D eigenvalue weighted by Gasteiger charge is 2.04. The van der Waals surface area contributed by atoms with Gasteiger partial charge in [0, 0.05) is 21.8 Å². The highest BCUT2D eigenvalue weighted by Crippen LogP contribution is 2.17. The Kier molecular flexibility index (Phi) is 5.88. The Balaban J connectivity index is 1.95. The van der Waals surface area contributed by atoms with Crippen molar-refractivity contribution in [2.75, 3.05) is 5.32 Å². The Morgan fingerprint density at radius 3 is 2.13 bits per heavy atom. The van der Waals surface area contributed by atoms with Gasteiger partial charge in [0.25, 0.3) is 0 Å². The second-order valence-electron chi connectivity index (χ2n) is 5.47. The smallest absolute Gasteiger partial charge is 0.248 e. The molecule has 0 aliphatic carbocycles. The summed E-state index contributed by atoms with van der Waals surface area (Å²) in [5.41, 5.74) is 2.46. The largest absolute Gasteiger partial charge is 0.323 e. The first-order valence-corrected chi connectivity index (χ1v) is 8.14. The monoisotopic (exact) mass is 371 g/mol. The van der Waals surface area contributed by atoms with Crippen LogP contribution in [0.1, 0.15) is 35.7 Å². The van der Waals surface area contributed by atoms with Crippen molar-refractivity contribution >= 4 is 33.3 Å². The molecule has 1 N–H and O–H groups in total. The van der Waals surface area contributed by atoms with Gasteiger partial charge in [-0.3, -0.25) is 9.59 Å². The average Bonchev–Trinajstić information content (AvgIpc) is 2.54. The van der Waals surface area contributed by atoms with Crippen LogP contribution in [0.25, 0.3) is 0 Å². The molecule has 0 atom stereocenters. The van der Waals surface area contributed by atoms with Gasteiger partial charge in [-0.15, -0.1) is 0 Å². The lowest BCUT2D eigenvalue weighted by atomic mass is 10.0. The summed E-state index contributed by atoms with van der Waals surface area (Å²) in [6.45, 7) is 4.23. The van der Waals surface area contributed by atoms with Crippen molar-refractivity contribution in [2.45, 2.75) is 19.8 Å². The second kappa shape index (κ2) is 7.88. The molecule has 2 aromatic rings. The number of carbonyl (C=O) groups is 2. The van der Waals surface area contributed by atoms with E-state index in [2.05, 4.69) is 35.1 Å². The van der Waals surface area contributed by atoms with Gasteiger partial charge in [0.15, 0.2) is 5.78 Å². The Labute approximate surface area is 144 Å². The van der Waals surface area contributed by atoms with Gasteiger partial charge in [-0.1, -0.05) is 41.9 Å². The van der Waals surface area contributed by atoms with Crippen LogP contribution in [0.2, 0.25) is 0 Å². The highest BCUT2D eigenvalue weighted by atomic mass is 79.9. The maximum absolute atomic E-state index is 12.0. The van der Waals surface area contributed by atoms with Gasteiger partial charge in [-0.2, -0.15) is 0 Å². The van der Waals surface area contributed by atoms with Crippen LogP contribution in [0.4, 0.5) is 5.69 Å². The van der Waals surface area contributed by atoms with Crippen LogP contribution < -0.4 is 5.32 Å². The maximum Gasteiger partial charge on any atom is 0.248 e. The molecule has 0 saturated carbocycles. The summed E-state index contributed by atoms with van der Waals surface area (Å²) in [4.78, 5) is 23.8. The van der Waals surface area contributed by atoms with Crippen molar-refractivity contribution < 1.29 is 9.59 Å². The predicted molar refractivity (Wildman–Crippen MR) is 96.8 cm³/mol. The minimum atomic E-state index is -0.326. The van der Waals surface area contributed by atoms with Gasteiger partial charge < -0.3 is 5.32 Å². The minimum Gasteiger partial charge on any atom is -0.323 e. The molecule has 0 fully saturated rings. The summed E-state index contributed by atoms with van der Waals surface area (Å²) >= 11 is 3.31. The summed E-state index contributed by atoms with van der Waals surface area (Å²) in [6, 6.07) is 14.7. The molecule has 2 rings (SSSR count). The van der Waals surface area contributed by atoms with Gasteiger partial charge in [0.2, 0.25) is 5.91 Å². The van der Waals surface area contributed by atoms with E-state index in [1.165, 1.54) is 17.7 Å². The van der Waals surface area contributed by atoms with E-state index in [-0.39, 0.29) is 11.7 Å². The predicted octanol–water partition coefficient (Wildman–Crippen LogP) is 4.95. The molecule has 0 aliphatic rings. The molecule has 118 valence electrons. The quantitative estimate of drug-likeness (QED) is 0.596. The lowest BCUT2D eigenvalue weighted by Gasteiger charge is -2.07. The van der Waals surface area contributed by atoms with E-state index >= 15 is 0 Å². The zero-order valence-electron chi connectivity index (χ0n) is 13.0. The molecule has 0 unspecified atom stereocenters. The number of halogens is 1. The molecular formula is C19H18BrNO2. The Morgan fingerprint density at radius 2 is 1.57 bits per heavy atom. The van der Waals surface area contributed by atoms with Crippen molar-refractivity contribution in [2.24, 2.45) is 0 Å². The molecule has 23 heavy (non-hydrogen) atoms. The molecule has 3 nitrogen and oxygen atoms in total. The van der Waals surface area contributed by atoms with Crippen LogP contribution in [0.15, 0.2) is 65.2 Å². The van der Waals surface area contributed by atoms with E-state index in [0.29, 0.717) is 17.2 Å². The second-order valence-corrected chi connectivity index (χ2v) is 6.39. The molecule has 0 aromatic heterocycles. The Morgan fingerprint density at radius 1 is 0.957 bits per heavy atom. The first-order chi connectivity index (χ1) is 11.0. The SMILES string of the molecule is CC(C)c1ccc(NC(=O)/C=C/C(=O)c2ccc(Br)cc2)cc1. The van der Waals surface area contributed by atoms with Crippen molar-refractivity contribution in [3.8, 4) is 0 Å². The number of ketones is 1. The van der Waals surface area contributed by atoms with Crippen LogP contribution >= 0.6 is 15.9 Å². The molecular weight excluding hydrogens is 354 g/mol. The van der Waals surface area contributed by atoms with Crippen LogP contribution in [-0.2, 0) is 4.79 Å². The van der Waals surface area contributed by atoms with Crippen molar-refractivity contribution in [1.82, 2.24) is 0 Å². The van der Waals surface area contributed by atoms with E-state index in [4.69, 9.17) is 0 Å². The summed E-state index contributed by atoms with van der Waals surface area (Å²) in [7, 11) is 0. The molecule has 0 spiro atoms. The Hall–Kier alpha value is -2.20. The van der Waals surface area contributed by atoms with E-state index in [9.17, 15) is 9.59 Å². The molecule has 1 amide bonds. The zero-order valence-corrected chi connectivity index (χ0v) is 14.6. The summed E-state index contributed by atoms with van der Waals surface area (Å²) in [5, 5.41) is 2.74. The topological polar surface area (TPSA) is 46.2 Å². The van der Waals surface area contributed by atoms with Crippen molar-refractivity contribution in [3.05, 3.63) is 76.3 Å². The first kappa shape index (κ1) is 17.2. The number of allylic oxidation sites excluding steroid dienone is 1. The lowest BCUT2D eigenvalue weighted by Crippen LogP contribution is -2.08. The number of amides is 1. The van der Waals surface area contributed by atoms with E-state index in [1.54, 1.807) is 24.3 Å². The lowest BCUT2D eigenvalue weighted by molar-refractivity contribution is -0.111. The first-order valence-electron chi connectivity index (χ1n) is 7.34. The van der Waals surface area contributed by atoms with Crippen molar-refractivity contribution in [3.63, 3.8) is 0 Å². The van der Waals surface area contributed by atoms with Crippen LogP contribution in [0.3, 0.4) is 0 Å². The number of hydrogen-bond acceptors (Lipinski definition) is 2. The third-order valence-corrected chi connectivity index (χ3v) is 3.89. The third-order valence-electron chi connectivity index (χ3n) is 3.36. The number of benzene rings is 2. The van der Waals surface area contributed by atoms with Crippen LogP contribution in [0, 0.1) is 0 Å². The third kappa shape index (κ3) is 5.18.